The van der Waals surface area contributed by atoms with Crippen molar-refractivity contribution in [3.8, 4) is 5.75 Å². The van der Waals surface area contributed by atoms with Gasteiger partial charge in [-0.1, -0.05) is 6.07 Å². The fraction of sp³-hybridized carbons (Fsp3) is 0.500. The Morgan fingerprint density at radius 1 is 1.50 bits per heavy atom. The van der Waals surface area contributed by atoms with Crippen molar-refractivity contribution in [1.29, 1.82) is 0 Å². The molecule has 0 bridgehead atoms. The van der Waals surface area contributed by atoms with Crippen LogP contribution in [-0.4, -0.2) is 30.9 Å². The molecule has 88 valence electrons. The summed E-state index contributed by atoms with van der Waals surface area (Å²) in [4.78, 5) is 0. The van der Waals surface area contributed by atoms with E-state index in [1.54, 1.807) is 12.1 Å². The molecule has 2 unspecified atom stereocenters. The second-order valence-corrected chi connectivity index (χ2v) is 4.16. The van der Waals surface area contributed by atoms with Gasteiger partial charge in [-0.3, -0.25) is 0 Å². The van der Waals surface area contributed by atoms with Gasteiger partial charge in [-0.15, -0.1) is 0 Å². The molecule has 0 spiro atoms. The lowest BCUT2D eigenvalue weighted by Gasteiger charge is -2.11. The van der Waals surface area contributed by atoms with Crippen molar-refractivity contribution in [2.24, 2.45) is 5.92 Å². The maximum atomic E-state index is 12.9. The molecule has 1 aromatic rings. The van der Waals surface area contributed by atoms with E-state index >= 15 is 0 Å². The summed E-state index contributed by atoms with van der Waals surface area (Å²) in [6, 6.07) is 6.34. The Morgan fingerprint density at radius 2 is 2.38 bits per heavy atom. The fourth-order valence-electron chi connectivity index (χ4n) is 1.94. The number of aliphatic hydroxyl groups excluding tert-OH is 1. The first-order chi connectivity index (χ1) is 7.78. The molecule has 0 amide bonds. The molecule has 1 aliphatic rings. The second kappa shape index (κ2) is 5.27. The van der Waals surface area contributed by atoms with Crippen molar-refractivity contribution < 1.29 is 14.2 Å². The predicted octanol–water partition coefficient (Wildman–Crippen LogP) is 1.17. The molecule has 0 saturated carbocycles. The summed E-state index contributed by atoms with van der Waals surface area (Å²) in [7, 11) is 0. The first-order valence-corrected chi connectivity index (χ1v) is 5.50. The van der Waals surface area contributed by atoms with Crippen LogP contribution in [-0.2, 0) is 0 Å². The number of hydrogen-bond acceptors (Lipinski definition) is 3. The van der Waals surface area contributed by atoms with Crippen LogP contribution >= 0.6 is 0 Å². The molecule has 1 aromatic carbocycles. The van der Waals surface area contributed by atoms with Gasteiger partial charge in [0.2, 0.25) is 0 Å². The van der Waals surface area contributed by atoms with Crippen LogP contribution in [0.5, 0.6) is 5.75 Å². The summed E-state index contributed by atoms with van der Waals surface area (Å²) in [6.45, 7) is 1.57. The van der Waals surface area contributed by atoms with E-state index in [0.29, 0.717) is 18.3 Å². The predicted molar refractivity (Wildman–Crippen MR) is 58.9 cm³/mol. The molecule has 2 N–H and O–H groups in total. The van der Waals surface area contributed by atoms with Crippen molar-refractivity contribution >= 4 is 0 Å². The molecule has 0 radical (unpaired) electrons. The van der Waals surface area contributed by atoms with Crippen LogP contribution in [0.1, 0.15) is 6.42 Å². The Morgan fingerprint density at radius 3 is 3.06 bits per heavy atom. The number of aliphatic hydroxyl groups is 1. The normalized spacial score (nSPS) is 24.6. The minimum atomic E-state index is -0.282. The Kier molecular flexibility index (Phi) is 3.74. The topological polar surface area (TPSA) is 41.5 Å². The van der Waals surface area contributed by atoms with Gasteiger partial charge in [0, 0.05) is 24.6 Å². The molecule has 1 aliphatic heterocycles. The summed E-state index contributed by atoms with van der Waals surface area (Å²) in [5.41, 5.74) is 0. The van der Waals surface area contributed by atoms with E-state index < -0.39 is 0 Å². The Bertz CT molecular complexity index is 346. The van der Waals surface area contributed by atoms with E-state index in [0.717, 1.165) is 13.0 Å². The molecule has 1 fully saturated rings. The Labute approximate surface area is 94.2 Å². The number of rotatable bonds is 4. The Hall–Kier alpha value is -1.13. The van der Waals surface area contributed by atoms with Crippen molar-refractivity contribution in [3.63, 3.8) is 0 Å². The van der Waals surface area contributed by atoms with Gasteiger partial charge in [0.1, 0.15) is 11.6 Å². The summed E-state index contributed by atoms with van der Waals surface area (Å²) in [5, 5.41) is 12.2. The molecule has 2 atom stereocenters. The zero-order valence-corrected chi connectivity index (χ0v) is 9.03. The first kappa shape index (κ1) is 11.4. The van der Waals surface area contributed by atoms with Gasteiger partial charge >= 0.3 is 0 Å². The van der Waals surface area contributed by atoms with Crippen LogP contribution in [0.25, 0.3) is 0 Å². The molecule has 4 heteroatoms. The summed E-state index contributed by atoms with van der Waals surface area (Å²) in [6.07, 6.45) is 0.909. The van der Waals surface area contributed by atoms with E-state index in [2.05, 4.69) is 5.32 Å². The molecule has 1 heterocycles. The highest BCUT2D eigenvalue weighted by atomic mass is 19.1. The molecular weight excluding hydrogens is 209 g/mol. The van der Waals surface area contributed by atoms with Gasteiger partial charge < -0.3 is 15.2 Å². The summed E-state index contributed by atoms with van der Waals surface area (Å²) < 4.78 is 18.4. The van der Waals surface area contributed by atoms with Crippen molar-refractivity contribution in [2.75, 3.05) is 19.8 Å². The average molecular weight is 225 g/mol. The van der Waals surface area contributed by atoms with E-state index in [1.807, 2.05) is 0 Å². The molecule has 2 rings (SSSR count). The molecule has 3 nitrogen and oxygen atoms in total. The number of ether oxygens (including phenoxy) is 1. The zero-order valence-electron chi connectivity index (χ0n) is 9.03. The Balaban J connectivity index is 1.80. The highest BCUT2D eigenvalue weighted by Crippen LogP contribution is 2.17. The van der Waals surface area contributed by atoms with Crippen LogP contribution in [0.15, 0.2) is 24.3 Å². The smallest absolute Gasteiger partial charge is 0.126 e. The third-order valence-electron chi connectivity index (χ3n) is 2.82. The van der Waals surface area contributed by atoms with Crippen LogP contribution in [0.3, 0.4) is 0 Å². The van der Waals surface area contributed by atoms with Crippen LogP contribution in [0, 0.1) is 11.7 Å². The molecule has 16 heavy (non-hydrogen) atoms. The van der Waals surface area contributed by atoms with Crippen LogP contribution in [0.4, 0.5) is 4.39 Å². The average Bonchev–Trinajstić information content (AvgIpc) is 2.74. The molecule has 0 aromatic heterocycles. The minimum Gasteiger partial charge on any atom is -0.493 e. The lowest BCUT2D eigenvalue weighted by atomic mass is 10.1. The number of benzene rings is 1. The van der Waals surface area contributed by atoms with E-state index in [-0.39, 0.29) is 18.5 Å². The number of hydrogen-bond donors (Lipinski definition) is 2. The van der Waals surface area contributed by atoms with Gasteiger partial charge in [0.15, 0.2) is 0 Å². The van der Waals surface area contributed by atoms with Gasteiger partial charge in [0.05, 0.1) is 13.2 Å². The maximum absolute atomic E-state index is 12.9. The minimum absolute atomic E-state index is 0.163. The molecule has 1 saturated heterocycles. The van der Waals surface area contributed by atoms with Gasteiger partial charge in [-0.2, -0.15) is 0 Å². The van der Waals surface area contributed by atoms with Crippen LogP contribution < -0.4 is 10.1 Å². The van der Waals surface area contributed by atoms with Gasteiger partial charge in [-0.05, 0) is 18.6 Å². The molecule has 0 aliphatic carbocycles. The lowest BCUT2D eigenvalue weighted by Crippen LogP contribution is -2.24. The SMILES string of the molecule is OCC1CC(COc2cccc(F)c2)CN1. The van der Waals surface area contributed by atoms with Crippen molar-refractivity contribution in [3.05, 3.63) is 30.1 Å². The summed E-state index contributed by atoms with van der Waals surface area (Å²) in [5.74, 6) is 0.670. The largest absolute Gasteiger partial charge is 0.493 e. The quantitative estimate of drug-likeness (QED) is 0.808. The van der Waals surface area contributed by atoms with Crippen molar-refractivity contribution in [1.82, 2.24) is 5.32 Å². The first-order valence-electron chi connectivity index (χ1n) is 5.50. The monoisotopic (exact) mass is 225 g/mol. The van der Waals surface area contributed by atoms with Crippen molar-refractivity contribution in [2.45, 2.75) is 12.5 Å². The van der Waals surface area contributed by atoms with Gasteiger partial charge in [-0.25, -0.2) is 4.39 Å². The third kappa shape index (κ3) is 2.93. The highest BCUT2D eigenvalue weighted by molar-refractivity contribution is 5.22. The fourth-order valence-corrected chi connectivity index (χ4v) is 1.94. The number of halogens is 1. The highest BCUT2D eigenvalue weighted by Gasteiger charge is 2.23. The van der Waals surface area contributed by atoms with E-state index in [9.17, 15) is 4.39 Å². The standard InChI is InChI=1S/C12H16FNO2/c13-10-2-1-3-12(5-10)16-8-9-4-11(7-15)14-6-9/h1-3,5,9,11,14-15H,4,6-8H2. The third-order valence-corrected chi connectivity index (χ3v) is 2.82. The van der Waals surface area contributed by atoms with E-state index in [1.165, 1.54) is 12.1 Å². The lowest BCUT2D eigenvalue weighted by molar-refractivity contribution is 0.236. The second-order valence-electron chi connectivity index (χ2n) is 4.16. The van der Waals surface area contributed by atoms with Gasteiger partial charge in [0.25, 0.3) is 0 Å². The summed E-state index contributed by atoms with van der Waals surface area (Å²) >= 11 is 0. The zero-order chi connectivity index (χ0) is 11.4. The number of nitrogens with one attached hydrogen (secondary N) is 1. The molecular formula is C12H16FNO2. The van der Waals surface area contributed by atoms with Crippen LogP contribution in [0.2, 0.25) is 0 Å². The maximum Gasteiger partial charge on any atom is 0.126 e. The van der Waals surface area contributed by atoms with E-state index in [4.69, 9.17) is 9.84 Å².